The molecule has 0 amide bonds. The standard InChI is InChI=1S/C11H17OS/c1-4-9-12-10-5-7-11(8-6-10)13(2)3/h5-8H,4,9H2,1-3H3/q+1. The molecule has 72 valence electrons. The maximum atomic E-state index is 5.49. The fourth-order valence-electron chi connectivity index (χ4n) is 1.03. The summed E-state index contributed by atoms with van der Waals surface area (Å²) >= 11 is 0. The van der Waals surface area contributed by atoms with E-state index < -0.39 is 0 Å². The van der Waals surface area contributed by atoms with Gasteiger partial charge in [0.2, 0.25) is 0 Å². The van der Waals surface area contributed by atoms with E-state index in [2.05, 4.69) is 43.7 Å². The highest BCUT2D eigenvalue weighted by Gasteiger charge is 2.06. The highest BCUT2D eigenvalue weighted by atomic mass is 32.2. The zero-order valence-corrected chi connectivity index (χ0v) is 9.36. The first-order chi connectivity index (χ1) is 6.24. The third-order valence-corrected chi connectivity index (χ3v) is 2.98. The first kappa shape index (κ1) is 10.5. The second-order valence-corrected chi connectivity index (χ2v) is 5.24. The Balaban J connectivity index is 2.59. The molecule has 0 bridgehead atoms. The molecule has 0 aliphatic carbocycles. The molecule has 0 spiro atoms. The molecule has 0 aromatic heterocycles. The van der Waals surface area contributed by atoms with Crippen molar-refractivity contribution in [3.63, 3.8) is 0 Å². The van der Waals surface area contributed by atoms with Crippen LogP contribution in [0.1, 0.15) is 13.3 Å². The molecule has 0 atom stereocenters. The lowest BCUT2D eigenvalue weighted by Crippen LogP contribution is -1.97. The van der Waals surface area contributed by atoms with E-state index in [1.807, 2.05) is 0 Å². The third kappa shape index (κ3) is 3.31. The molecule has 0 aliphatic heterocycles. The van der Waals surface area contributed by atoms with Gasteiger partial charge in [0.25, 0.3) is 0 Å². The Morgan fingerprint density at radius 3 is 2.23 bits per heavy atom. The maximum absolute atomic E-state index is 5.49. The van der Waals surface area contributed by atoms with Gasteiger partial charge in [0, 0.05) is 10.9 Å². The summed E-state index contributed by atoms with van der Waals surface area (Å²) < 4.78 is 5.49. The summed E-state index contributed by atoms with van der Waals surface area (Å²) in [4.78, 5) is 1.39. The van der Waals surface area contributed by atoms with Crippen molar-refractivity contribution in [3.8, 4) is 5.75 Å². The molecule has 0 heterocycles. The number of rotatable bonds is 4. The van der Waals surface area contributed by atoms with Crippen molar-refractivity contribution in [2.45, 2.75) is 18.2 Å². The van der Waals surface area contributed by atoms with E-state index in [1.165, 1.54) is 4.90 Å². The van der Waals surface area contributed by atoms with Crippen LogP contribution in [0, 0.1) is 0 Å². The fourth-order valence-corrected chi connectivity index (χ4v) is 1.71. The van der Waals surface area contributed by atoms with Crippen molar-refractivity contribution >= 4 is 10.9 Å². The molecule has 2 heteroatoms. The maximum Gasteiger partial charge on any atom is 0.154 e. The van der Waals surface area contributed by atoms with Crippen LogP contribution in [-0.2, 0) is 10.9 Å². The molecule has 0 saturated carbocycles. The van der Waals surface area contributed by atoms with Crippen molar-refractivity contribution in [1.82, 2.24) is 0 Å². The second kappa shape index (κ2) is 5.18. The summed E-state index contributed by atoms with van der Waals surface area (Å²) in [6.45, 7) is 2.92. The molecule has 0 unspecified atom stereocenters. The normalized spacial score (nSPS) is 10.5. The highest BCUT2D eigenvalue weighted by Crippen LogP contribution is 2.15. The number of hydrogen-bond donors (Lipinski definition) is 0. The molecular weight excluding hydrogens is 180 g/mol. The Bertz CT molecular complexity index is 241. The zero-order chi connectivity index (χ0) is 9.68. The molecule has 0 N–H and O–H groups in total. The van der Waals surface area contributed by atoms with Gasteiger partial charge in [-0.25, -0.2) is 0 Å². The lowest BCUT2D eigenvalue weighted by molar-refractivity contribution is 0.317. The van der Waals surface area contributed by atoms with Crippen LogP contribution in [0.5, 0.6) is 5.75 Å². The van der Waals surface area contributed by atoms with E-state index in [0.29, 0.717) is 10.9 Å². The van der Waals surface area contributed by atoms with E-state index in [1.54, 1.807) is 0 Å². The summed E-state index contributed by atoms with van der Waals surface area (Å²) in [5.74, 6) is 0.982. The van der Waals surface area contributed by atoms with Gasteiger partial charge in [-0.05, 0) is 30.7 Å². The number of hydrogen-bond acceptors (Lipinski definition) is 1. The van der Waals surface area contributed by atoms with Crippen molar-refractivity contribution in [1.29, 1.82) is 0 Å². The second-order valence-electron chi connectivity index (χ2n) is 3.14. The Labute approximate surface area is 83.5 Å². The van der Waals surface area contributed by atoms with Crippen molar-refractivity contribution in [2.24, 2.45) is 0 Å². The summed E-state index contributed by atoms with van der Waals surface area (Å²) in [5.41, 5.74) is 0. The van der Waals surface area contributed by atoms with Gasteiger partial charge >= 0.3 is 0 Å². The molecule has 1 aromatic rings. The van der Waals surface area contributed by atoms with Gasteiger partial charge in [-0.15, -0.1) is 0 Å². The Morgan fingerprint density at radius 2 is 1.77 bits per heavy atom. The van der Waals surface area contributed by atoms with Crippen LogP contribution >= 0.6 is 0 Å². The number of ether oxygens (including phenoxy) is 1. The topological polar surface area (TPSA) is 9.23 Å². The molecule has 1 aromatic carbocycles. The minimum atomic E-state index is 0.351. The predicted molar refractivity (Wildman–Crippen MR) is 59.7 cm³/mol. The lowest BCUT2D eigenvalue weighted by Gasteiger charge is -2.03. The van der Waals surface area contributed by atoms with Crippen LogP contribution in [0.4, 0.5) is 0 Å². The largest absolute Gasteiger partial charge is 0.494 e. The summed E-state index contributed by atoms with van der Waals surface area (Å²) in [6.07, 6.45) is 5.51. The van der Waals surface area contributed by atoms with Crippen LogP contribution in [0.2, 0.25) is 0 Å². The average molecular weight is 197 g/mol. The fraction of sp³-hybridized carbons (Fsp3) is 0.455. The van der Waals surface area contributed by atoms with Gasteiger partial charge in [-0.3, -0.25) is 0 Å². The quantitative estimate of drug-likeness (QED) is 0.674. The smallest absolute Gasteiger partial charge is 0.154 e. The van der Waals surface area contributed by atoms with Gasteiger partial charge in [-0.1, -0.05) is 6.92 Å². The first-order valence-corrected chi connectivity index (χ1v) is 6.58. The molecule has 1 nitrogen and oxygen atoms in total. The SMILES string of the molecule is CCCOc1ccc([S+](C)C)cc1. The van der Waals surface area contributed by atoms with Crippen molar-refractivity contribution < 1.29 is 4.74 Å². The lowest BCUT2D eigenvalue weighted by atomic mass is 10.3. The molecule has 0 fully saturated rings. The van der Waals surface area contributed by atoms with Crippen LogP contribution < -0.4 is 4.74 Å². The highest BCUT2D eigenvalue weighted by molar-refractivity contribution is 7.95. The van der Waals surface area contributed by atoms with Gasteiger partial charge in [0.15, 0.2) is 4.90 Å². The van der Waals surface area contributed by atoms with Crippen LogP contribution in [0.3, 0.4) is 0 Å². The number of benzene rings is 1. The molecule has 0 aliphatic rings. The minimum Gasteiger partial charge on any atom is -0.494 e. The van der Waals surface area contributed by atoms with E-state index in [0.717, 1.165) is 18.8 Å². The Kier molecular flexibility index (Phi) is 4.16. The van der Waals surface area contributed by atoms with Crippen LogP contribution in [0.25, 0.3) is 0 Å². The van der Waals surface area contributed by atoms with Crippen LogP contribution in [-0.4, -0.2) is 19.1 Å². The van der Waals surface area contributed by atoms with Gasteiger partial charge in [-0.2, -0.15) is 0 Å². The Morgan fingerprint density at radius 1 is 1.15 bits per heavy atom. The molecule has 0 radical (unpaired) electrons. The Hall–Kier alpha value is -0.630. The van der Waals surface area contributed by atoms with E-state index in [9.17, 15) is 0 Å². The third-order valence-electron chi connectivity index (χ3n) is 1.77. The van der Waals surface area contributed by atoms with Crippen LogP contribution in [0.15, 0.2) is 29.2 Å². The summed E-state index contributed by atoms with van der Waals surface area (Å²) in [7, 11) is 0.351. The molecule has 1 rings (SSSR count). The molecular formula is C11H17OS+. The van der Waals surface area contributed by atoms with E-state index in [4.69, 9.17) is 4.74 Å². The first-order valence-electron chi connectivity index (χ1n) is 4.54. The van der Waals surface area contributed by atoms with Gasteiger partial charge in [0.05, 0.1) is 6.61 Å². The van der Waals surface area contributed by atoms with E-state index >= 15 is 0 Å². The van der Waals surface area contributed by atoms with E-state index in [-0.39, 0.29) is 0 Å². The summed E-state index contributed by atoms with van der Waals surface area (Å²) in [6, 6.07) is 8.40. The minimum absolute atomic E-state index is 0.351. The van der Waals surface area contributed by atoms with Gasteiger partial charge in [0.1, 0.15) is 18.3 Å². The van der Waals surface area contributed by atoms with Crippen molar-refractivity contribution in [3.05, 3.63) is 24.3 Å². The predicted octanol–water partition coefficient (Wildman–Crippen LogP) is 2.71. The van der Waals surface area contributed by atoms with Crippen molar-refractivity contribution in [2.75, 3.05) is 19.1 Å². The average Bonchev–Trinajstić information content (AvgIpc) is 2.15. The summed E-state index contributed by atoms with van der Waals surface area (Å²) in [5, 5.41) is 0. The monoisotopic (exact) mass is 197 g/mol. The van der Waals surface area contributed by atoms with Gasteiger partial charge < -0.3 is 4.74 Å². The molecule has 13 heavy (non-hydrogen) atoms. The zero-order valence-electron chi connectivity index (χ0n) is 8.54. The molecule has 0 saturated heterocycles.